The topological polar surface area (TPSA) is 102 Å². The molecule has 4 rings (SSSR count). The maximum atomic E-state index is 13.4. The molecule has 0 spiro atoms. The van der Waals surface area contributed by atoms with Crippen LogP contribution in [0.5, 0.6) is 5.75 Å². The minimum absolute atomic E-state index is 0.0282. The van der Waals surface area contributed by atoms with Gasteiger partial charge in [0.15, 0.2) is 6.10 Å². The van der Waals surface area contributed by atoms with Gasteiger partial charge in [-0.2, -0.15) is 0 Å². The van der Waals surface area contributed by atoms with Crippen LogP contribution in [0.3, 0.4) is 0 Å². The summed E-state index contributed by atoms with van der Waals surface area (Å²) in [6.07, 6.45) is -1.17. The predicted molar refractivity (Wildman–Crippen MR) is 128 cm³/mol. The van der Waals surface area contributed by atoms with Gasteiger partial charge >= 0.3 is 5.97 Å². The molecule has 0 unspecified atom stereocenters. The Bertz CT molecular complexity index is 1330. The quantitative estimate of drug-likeness (QED) is 0.511. The Morgan fingerprint density at radius 3 is 2.47 bits per heavy atom. The van der Waals surface area contributed by atoms with Crippen LogP contribution in [0.2, 0.25) is 5.02 Å². The maximum absolute atomic E-state index is 13.4. The summed E-state index contributed by atoms with van der Waals surface area (Å²) < 4.78 is 38.9. The molecule has 1 heterocycles. The van der Waals surface area contributed by atoms with E-state index in [4.69, 9.17) is 21.1 Å². The van der Waals surface area contributed by atoms with Crippen molar-refractivity contribution in [1.29, 1.82) is 0 Å². The number of nitrogens with zero attached hydrogens (tertiary/aromatic N) is 1. The Morgan fingerprint density at radius 2 is 1.74 bits per heavy atom. The second-order valence-corrected chi connectivity index (χ2v) is 9.62. The van der Waals surface area contributed by atoms with Crippen LogP contribution in [0.4, 0.5) is 11.4 Å². The zero-order valence-electron chi connectivity index (χ0n) is 18.1. The Hall–Kier alpha value is -3.56. The van der Waals surface area contributed by atoms with Crippen molar-refractivity contribution in [3.05, 3.63) is 83.4 Å². The fourth-order valence-corrected chi connectivity index (χ4v) is 5.09. The molecule has 1 N–H and O–H groups in total. The van der Waals surface area contributed by atoms with E-state index in [1.807, 2.05) is 0 Å². The third kappa shape index (κ3) is 4.71. The van der Waals surface area contributed by atoms with Crippen molar-refractivity contribution in [1.82, 2.24) is 0 Å². The summed E-state index contributed by atoms with van der Waals surface area (Å²) >= 11 is 5.91. The average Bonchev–Trinajstić information content (AvgIpc) is 2.84. The average molecular weight is 501 g/mol. The lowest BCUT2D eigenvalue weighted by Gasteiger charge is -2.34. The second kappa shape index (κ2) is 9.74. The Morgan fingerprint density at radius 1 is 1.06 bits per heavy atom. The predicted octanol–water partition coefficient (Wildman–Crippen LogP) is 4.11. The number of hydrogen-bond acceptors (Lipinski definition) is 6. The van der Waals surface area contributed by atoms with Crippen LogP contribution < -0.4 is 14.4 Å². The second-order valence-electron chi connectivity index (χ2n) is 7.32. The van der Waals surface area contributed by atoms with Crippen LogP contribution in [0.15, 0.2) is 77.7 Å². The number of nitrogens with one attached hydrogen (secondary N) is 1. The molecule has 176 valence electrons. The monoisotopic (exact) mass is 500 g/mol. The van der Waals surface area contributed by atoms with Crippen LogP contribution in [-0.4, -0.2) is 39.5 Å². The van der Waals surface area contributed by atoms with Crippen molar-refractivity contribution in [2.75, 3.05) is 22.8 Å². The van der Waals surface area contributed by atoms with E-state index in [9.17, 15) is 18.0 Å². The number of sulfonamides is 1. The summed E-state index contributed by atoms with van der Waals surface area (Å²) in [5.74, 6) is -0.951. The molecular weight excluding hydrogens is 480 g/mol. The van der Waals surface area contributed by atoms with Crippen molar-refractivity contribution in [2.45, 2.75) is 17.9 Å². The molecule has 10 heteroatoms. The Labute approximate surface area is 202 Å². The van der Waals surface area contributed by atoms with E-state index >= 15 is 0 Å². The van der Waals surface area contributed by atoms with Gasteiger partial charge in [-0.05, 0) is 55.5 Å². The number of rotatable bonds is 6. The van der Waals surface area contributed by atoms with E-state index in [0.29, 0.717) is 10.7 Å². The summed E-state index contributed by atoms with van der Waals surface area (Å²) in [6, 6.07) is 18.7. The third-order valence-electron chi connectivity index (χ3n) is 5.11. The molecule has 3 aromatic carbocycles. The Kier molecular flexibility index (Phi) is 6.76. The van der Waals surface area contributed by atoms with Crippen molar-refractivity contribution < 1.29 is 27.5 Å². The first-order valence-electron chi connectivity index (χ1n) is 10.4. The highest BCUT2D eigenvalue weighted by Gasteiger charge is 2.37. The highest BCUT2D eigenvalue weighted by Crippen LogP contribution is 2.37. The number of hydrogen-bond donors (Lipinski definition) is 1. The molecule has 1 amide bonds. The largest absolute Gasteiger partial charge is 0.476 e. The summed E-state index contributed by atoms with van der Waals surface area (Å²) in [5, 5.41) is 3.07. The molecule has 0 saturated heterocycles. The fraction of sp³-hybridized carbons (Fsp3) is 0.167. The molecular formula is C24H21ClN2O6S. The number of amides is 1. The minimum Gasteiger partial charge on any atom is -0.476 e. The molecule has 1 aliphatic heterocycles. The molecule has 0 aromatic heterocycles. The molecule has 0 radical (unpaired) electrons. The number of halogens is 1. The highest BCUT2D eigenvalue weighted by molar-refractivity contribution is 7.92. The first-order chi connectivity index (χ1) is 16.3. The van der Waals surface area contributed by atoms with Crippen LogP contribution in [-0.2, 0) is 19.6 Å². The van der Waals surface area contributed by atoms with Crippen LogP contribution in [0.1, 0.15) is 17.3 Å². The Balaban J connectivity index is 1.65. The first kappa shape index (κ1) is 23.6. The van der Waals surface area contributed by atoms with Crippen LogP contribution >= 0.6 is 11.6 Å². The lowest BCUT2D eigenvalue weighted by atomic mass is 10.1. The summed E-state index contributed by atoms with van der Waals surface area (Å²) in [5.41, 5.74) is 0.730. The van der Waals surface area contributed by atoms with Gasteiger partial charge in [0, 0.05) is 5.02 Å². The van der Waals surface area contributed by atoms with Gasteiger partial charge in [0.05, 0.1) is 35.0 Å². The summed E-state index contributed by atoms with van der Waals surface area (Å²) in [7, 11) is -4.02. The van der Waals surface area contributed by atoms with Crippen molar-refractivity contribution in [3.63, 3.8) is 0 Å². The molecule has 8 nitrogen and oxygen atoms in total. The maximum Gasteiger partial charge on any atom is 0.340 e. The lowest BCUT2D eigenvalue weighted by molar-refractivity contribution is -0.122. The number of ether oxygens (including phenoxy) is 2. The smallest absolute Gasteiger partial charge is 0.340 e. The van der Waals surface area contributed by atoms with Gasteiger partial charge in [0.1, 0.15) is 5.75 Å². The number of fused-ring (bicyclic) bond motifs is 1. The summed E-state index contributed by atoms with van der Waals surface area (Å²) in [4.78, 5) is 25.4. The van der Waals surface area contributed by atoms with Gasteiger partial charge in [-0.15, -0.1) is 0 Å². The summed E-state index contributed by atoms with van der Waals surface area (Å²) in [6.45, 7) is 1.60. The molecule has 0 aliphatic carbocycles. The molecule has 0 saturated carbocycles. The van der Waals surface area contributed by atoms with Gasteiger partial charge in [-0.25, -0.2) is 13.2 Å². The molecule has 1 atom stereocenters. The van der Waals surface area contributed by atoms with E-state index in [2.05, 4.69) is 5.32 Å². The van der Waals surface area contributed by atoms with Gasteiger partial charge in [0.2, 0.25) is 0 Å². The van der Waals surface area contributed by atoms with Gasteiger partial charge < -0.3 is 14.8 Å². The van der Waals surface area contributed by atoms with E-state index in [1.54, 1.807) is 49.4 Å². The number of carbonyl (C=O) groups is 2. The van der Waals surface area contributed by atoms with Gasteiger partial charge in [-0.1, -0.05) is 35.9 Å². The molecule has 34 heavy (non-hydrogen) atoms. The van der Waals surface area contributed by atoms with Gasteiger partial charge in [0.25, 0.3) is 15.9 Å². The fourth-order valence-electron chi connectivity index (χ4n) is 3.49. The zero-order chi connectivity index (χ0) is 24.3. The SMILES string of the molecule is CCOC(=O)c1ccccc1NC(=O)[C@@H]1CN(S(=O)(=O)c2ccc(Cl)cc2)c2ccccc2O1. The number of benzene rings is 3. The first-order valence-corrected chi connectivity index (χ1v) is 12.2. The van der Waals surface area contributed by atoms with E-state index in [1.165, 1.54) is 30.3 Å². The minimum atomic E-state index is -4.02. The van der Waals surface area contributed by atoms with Crippen LogP contribution in [0.25, 0.3) is 0 Å². The standard InChI is InChI=1S/C24H21ClN2O6S/c1-2-32-24(29)18-7-3-4-8-19(18)26-23(28)22-15-27(20-9-5-6-10-21(20)33-22)34(30,31)17-13-11-16(25)12-14-17/h3-14,22H,2,15H2,1H3,(H,26,28)/t22-/m0/s1. The van der Waals surface area contributed by atoms with Crippen molar-refractivity contribution >= 4 is 44.9 Å². The number of esters is 1. The van der Waals surface area contributed by atoms with Crippen molar-refractivity contribution in [2.24, 2.45) is 0 Å². The normalized spacial score (nSPS) is 15.1. The van der Waals surface area contributed by atoms with E-state index in [-0.39, 0.29) is 35.0 Å². The van der Waals surface area contributed by atoms with E-state index < -0.39 is 28.0 Å². The number of para-hydroxylation sites is 3. The number of anilines is 2. The molecule has 1 aliphatic rings. The van der Waals surface area contributed by atoms with Crippen molar-refractivity contribution in [3.8, 4) is 5.75 Å². The van der Waals surface area contributed by atoms with E-state index in [0.717, 1.165) is 4.31 Å². The molecule has 0 fully saturated rings. The third-order valence-corrected chi connectivity index (χ3v) is 7.16. The number of carbonyl (C=O) groups excluding carboxylic acids is 2. The molecule has 3 aromatic rings. The zero-order valence-corrected chi connectivity index (χ0v) is 19.7. The highest BCUT2D eigenvalue weighted by atomic mass is 35.5. The van der Waals surface area contributed by atoms with Crippen LogP contribution in [0, 0.1) is 0 Å². The lowest BCUT2D eigenvalue weighted by Crippen LogP contribution is -2.48. The van der Waals surface area contributed by atoms with Gasteiger partial charge in [-0.3, -0.25) is 9.10 Å². The molecule has 0 bridgehead atoms.